The van der Waals surface area contributed by atoms with Crippen LogP contribution in [0.2, 0.25) is 0 Å². The number of hydrogen-bond donors (Lipinski definition) is 1. The van der Waals surface area contributed by atoms with Gasteiger partial charge < -0.3 is 10.2 Å². The monoisotopic (exact) mass is 377 g/mol. The summed E-state index contributed by atoms with van der Waals surface area (Å²) < 4.78 is 13.4. The molecule has 5 heteroatoms. The third-order valence-electron chi connectivity index (χ3n) is 5.35. The molecule has 1 amide bonds. The highest BCUT2D eigenvalue weighted by Crippen LogP contribution is 2.24. The highest BCUT2D eigenvalue weighted by atomic mass is 19.1. The third-order valence-corrected chi connectivity index (χ3v) is 5.35. The van der Waals surface area contributed by atoms with Crippen molar-refractivity contribution in [1.29, 1.82) is 0 Å². The van der Waals surface area contributed by atoms with E-state index in [0.29, 0.717) is 6.42 Å². The van der Waals surface area contributed by atoms with E-state index in [0.717, 1.165) is 53.6 Å². The Morgan fingerprint density at radius 3 is 2.96 bits per heavy atom. The quantitative estimate of drug-likeness (QED) is 0.747. The number of piperidine rings is 1. The van der Waals surface area contributed by atoms with Crippen LogP contribution in [0.25, 0.3) is 10.9 Å². The number of amides is 1. The minimum Gasteiger partial charge on any atom is -0.369 e. The first-order valence-electron chi connectivity index (χ1n) is 9.73. The normalized spacial score (nSPS) is 16.9. The maximum atomic E-state index is 13.4. The lowest BCUT2D eigenvalue weighted by Gasteiger charge is -2.35. The Hall–Kier alpha value is -2.95. The van der Waals surface area contributed by atoms with Gasteiger partial charge in [0.1, 0.15) is 5.82 Å². The van der Waals surface area contributed by atoms with Gasteiger partial charge in [-0.2, -0.15) is 0 Å². The smallest absolute Gasteiger partial charge is 0.224 e. The number of anilines is 1. The molecule has 1 aliphatic heterocycles. The first-order valence-corrected chi connectivity index (χ1v) is 9.73. The van der Waals surface area contributed by atoms with Gasteiger partial charge in [-0.1, -0.05) is 24.3 Å². The molecule has 2 aromatic carbocycles. The molecule has 1 aliphatic rings. The molecule has 0 spiro atoms. The zero-order chi connectivity index (χ0) is 19.5. The van der Waals surface area contributed by atoms with E-state index >= 15 is 0 Å². The van der Waals surface area contributed by atoms with Crippen molar-refractivity contribution >= 4 is 22.5 Å². The van der Waals surface area contributed by atoms with Gasteiger partial charge in [0.15, 0.2) is 0 Å². The van der Waals surface area contributed by atoms with E-state index in [-0.39, 0.29) is 17.8 Å². The molecule has 1 saturated heterocycles. The fraction of sp³-hybridized carbons (Fsp3) is 0.304. The summed E-state index contributed by atoms with van der Waals surface area (Å²) in [6.07, 6.45) is 4.03. The maximum Gasteiger partial charge on any atom is 0.224 e. The molecule has 2 heterocycles. The lowest BCUT2D eigenvalue weighted by Crippen LogP contribution is -2.48. The van der Waals surface area contributed by atoms with Gasteiger partial charge >= 0.3 is 0 Å². The third kappa shape index (κ3) is 3.98. The van der Waals surface area contributed by atoms with E-state index in [1.807, 2.05) is 43.3 Å². The van der Waals surface area contributed by atoms with Gasteiger partial charge in [-0.05, 0) is 55.2 Å². The standard InChI is InChI=1S/C23H24FN3O/c1-16-13-19(24)9-10-21(16)27-12-4-8-20(15-27)26-22(28)14-18-6-2-5-17-7-3-11-25-23(17)18/h2-3,5-7,9-11,13,20H,4,8,12,14-15H2,1H3,(H,26,28). The number of nitrogens with zero attached hydrogens (tertiary/aromatic N) is 2. The number of carbonyl (C=O) groups is 1. The van der Waals surface area contributed by atoms with Gasteiger partial charge in [-0.3, -0.25) is 9.78 Å². The summed E-state index contributed by atoms with van der Waals surface area (Å²) in [6.45, 7) is 3.59. The molecule has 0 saturated carbocycles. The molecule has 4 rings (SSSR count). The molecule has 0 radical (unpaired) electrons. The zero-order valence-electron chi connectivity index (χ0n) is 16.0. The molecular formula is C23H24FN3O. The molecule has 0 bridgehead atoms. The van der Waals surface area contributed by atoms with Crippen LogP contribution in [-0.2, 0) is 11.2 Å². The van der Waals surface area contributed by atoms with E-state index in [4.69, 9.17) is 0 Å². The molecule has 1 fully saturated rings. The second-order valence-corrected chi connectivity index (χ2v) is 7.45. The number of benzene rings is 2. The Kier molecular flexibility index (Phi) is 5.24. The molecule has 1 aromatic heterocycles. The van der Waals surface area contributed by atoms with Crippen molar-refractivity contribution in [2.75, 3.05) is 18.0 Å². The van der Waals surface area contributed by atoms with Crippen molar-refractivity contribution in [2.45, 2.75) is 32.2 Å². The number of fused-ring (bicyclic) bond motifs is 1. The summed E-state index contributed by atoms with van der Waals surface area (Å²) in [6, 6.07) is 14.8. The Labute approximate surface area is 164 Å². The molecular weight excluding hydrogens is 353 g/mol. The van der Waals surface area contributed by atoms with Gasteiger partial charge in [0, 0.05) is 36.4 Å². The second-order valence-electron chi connectivity index (χ2n) is 7.45. The summed E-state index contributed by atoms with van der Waals surface area (Å²) in [5.41, 5.74) is 3.79. The molecule has 1 N–H and O–H groups in total. The minimum atomic E-state index is -0.216. The van der Waals surface area contributed by atoms with Crippen LogP contribution in [0.4, 0.5) is 10.1 Å². The summed E-state index contributed by atoms with van der Waals surface area (Å²) >= 11 is 0. The first kappa shape index (κ1) is 18.4. The molecule has 1 unspecified atom stereocenters. The highest BCUT2D eigenvalue weighted by Gasteiger charge is 2.23. The van der Waals surface area contributed by atoms with Crippen molar-refractivity contribution in [1.82, 2.24) is 10.3 Å². The number of carbonyl (C=O) groups excluding carboxylic acids is 1. The number of rotatable bonds is 4. The molecule has 144 valence electrons. The van der Waals surface area contributed by atoms with Crippen molar-refractivity contribution in [3.05, 3.63) is 71.7 Å². The zero-order valence-corrected chi connectivity index (χ0v) is 16.0. The fourth-order valence-electron chi connectivity index (χ4n) is 4.05. The van der Waals surface area contributed by atoms with Gasteiger partial charge in [-0.25, -0.2) is 4.39 Å². The first-order chi connectivity index (χ1) is 13.6. The van der Waals surface area contributed by atoms with Gasteiger partial charge in [0.25, 0.3) is 0 Å². The topological polar surface area (TPSA) is 45.2 Å². The van der Waals surface area contributed by atoms with Crippen LogP contribution in [0.5, 0.6) is 0 Å². The number of aryl methyl sites for hydroxylation is 1. The highest BCUT2D eigenvalue weighted by molar-refractivity contribution is 5.87. The van der Waals surface area contributed by atoms with Crippen LogP contribution in [0.15, 0.2) is 54.7 Å². The lowest BCUT2D eigenvalue weighted by molar-refractivity contribution is -0.121. The van der Waals surface area contributed by atoms with Crippen molar-refractivity contribution in [3.8, 4) is 0 Å². The average Bonchev–Trinajstić information content (AvgIpc) is 2.68. The lowest BCUT2D eigenvalue weighted by atomic mass is 10.0. The second kappa shape index (κ2) is 7.97. The van der Waals surface area contributed by atoms with E-state index in [9.17, 15) is 9.18 Å². The largest absolute Gasteiger partial charge is 0.369 e. The summed E-state index contributed by atoms with van der Waals surface area (Å²) in [4.78, 5) is 19.3. The van der Waals surface area contributed by atoms with Crippen LogP contribution in [0.1, 0.15) is 24.0 Å². The Morgan fingerprint density at radius 1 is 1.25 bits per heavy atom. The molecule has 28 heavy (non-hydrogen) atoms. The number of nitrogens with one attached hydrogen (secondary N) is 1. The van der Waals surface area contributed by atoms with Crippen LogP contribution in [0.3, 0.4) is 0 Å². The molecule has 0 aliphatic carbocycles. The summed E-state index contributed by atoms with van der Waals surface area (Å²) in [5.74, 6) is -0.201. The van der Waals surface area contributed by atoms with Crippen molar-refractivity contribution in [2.24, 2.45) is 0 Å². The minimum absolute atomic E-state index is 0.0147. The van der Waals surface area contributed by atoms with Crippen molar-refractivity contribution in [3.63, 3.8) is 0 Å². The van der Waals surface area contributed by atoms with E-state index in [1.54, 1.807) is 12.3 Å². The summed E-state index contributed by atoms with van der Waals surface area (Å²) in [7, 11) is 0. The summed E-state index contributed by atoms with van der Waals surface area (Å²) in [5, 5.41) is 4.23. The van der Waals surface area contributed by atoms with Gasteiger partial charge in [0.2, 0.25) is 5.91 Å². The predicted octanol–water partition coefficient (Wildman–Crippen LogP) is 4.01. The number of para-hydroxylation sites is 1. The number of halogens is 1. The molecule has 1 atom stereocenters. The number of pyridine rings is 1. The molecule has 4 nitrogen and oxygen atoms in total. The average molecular weight is 377 g/mol. The van der Waals surface area contributed by atoms with E-state index in [2.05, 4.69) is 15.2 Å². The van der Waals surface area contributed by atoms with Crippen LogP contribution in [-0.4, -0.2) is 30.0 Å². The van der Waals surface area contributed by atoms with E-state index in [1.165, 1.54) is 6.07 Å². The van der Waals surface area contributed by atoms with Gasteiger partial charge in [-0.15, -0.1) is 0 Å². The predicted molar refractivity (Wildman–Crippen MR) is 110 cm³/mol. The number of hydrogen-bond acceptors (Lipinski definition) is 3. The van der Waals surface area contributed by atoms with Gasteiger partial charge in [0.05, 0.1) is 11.9 Å². The Bertz CT molecular complexity index is 999. The van der Waals surface area contributed by atoms with Crippen LogP contribution >= 0.6 is 0 Å². The number of aromatic nitrogens is 1. The fourth-order valence-corrected chi connectivity index (χ4v) is 4.05. The molecule has 3 aromatic rings. The Balaban J connectivity index is 1.43. The SMILES string of the molecule is Cc1cc(F)ccc1N1CCCC(NC(=O)Cc2cccc3cccnc23)C1. The van der Waals surface area contributed by atoms with Crippen LogP contribution in [0, 0.1) is 12.7 Å². The maximum absolute atomic E-state index is 13.4. The van der Waals surface area contributed by atoms with Crippen LogP contribution < -0.4 is 10.2 Å². The Morgan fingerprint density at radius 2 is 2.11 bits per heavy atom. The van der Waals surface area contributed by atoms with E-state index < -0.39 is 0 Å². The van der Waals surface area contributed by atoms with Crippen molar-refractivity contribution < 1.29 is 9.18 Å².